The largest absolute Gasteiger partial charge is 0.489 e. The molecule has 7 heteroatoms. The minimum Gasteiger partial charge on any atom is -0.489 e. The fourth-order valence-corrected chi connectivity index (χ4v) is 3.84. The SMILES string of the molecule is CC(C)Oc1ccc(-c2nc(-n3c4c(Cl)c5cc-4ccc53)no2)cc1Cl. The highest BCUT2D eigenvalue weighted by Crippen LogP contribution is 2.46. The lowest BCUT2D eigenvalue weighted by atomic mass is 10.2. The van der Waals surface area contributed by atoms with E-state index in [2.05, 4.69) is 16.2 Å². The van der Waals surface area contributed by atoms with Crippen LogP contribution in [0.25, 0.3) is 39.6 Å². The van der Waals surface area contributed by atoms with E-state index in [-0.39, 0.29) is 6.10 Å². The van der Waals surface area contributed by atoms with Crippen molar-refractivity contribution in [2.24, 2.45) is 0 Å². The summed E-state index contributed by atoms with van der Waals surface area (Å²) in [4.78, 5) is 4.53. The van der Waals surface area contributed by atoms with Crippen LogP contribution in [0.5, 0.6) is 5.75 Å². The van der Waals surface area contributed by atoms with Crippen molar-refractivity contribution in [3.8, 4) is 34.4 Å². The Bertz CT molecular complexity index is 1180. The summed E-state index contributed by atoms with van der Waals surface area (Å²) in [5, 5.41) is 6.35. The van der Waals surface area contributed by atoms with Gasteiger partial charge in [-0.25, -0.2) is 0 Å². The molecule has 2 aromatic heterocycles. The molecule has 0 amide bonds. The maximum atomic E-state index is 6.42. The maximum Gasteiger partial charge on any atom is 0.275 e. The smallest absolute Gasteiger partial charge is 0.275 e. The van der Waals surface area contributed by atoms with Gasteiger partial charge in [0.05, 0.1) is 27.4 Å². The normalized spacial score (nSPS) is 12.2. The summed E-state index contributed by atoms with van der Waals surface area (Å²) in [7, 11) is 0. The summed E-state index contributed by atoms with van der Waals surface area (Å²) in [5.41, 5.74) is 3.66. The number of rotatable bonds is 4. The van der Waals surface area contributed by atoms with Crippen molar-refractivity contribution in [3.63, 3.8) is 0 Å². The maximum absolute atomic E-state index is 6.42. The predicted octanol–water partition coefficient (Wildman–Crippen LogP) is 5.75. The van der Waals surface area contributed by atoms with Crippen LogP contribution in [-0.4, -0.2) is 20.8 Å². The number of hydrogen-bond acceptors (Lipinski definition) is 4. The average molecular weight is 386 g/mol. The second-order valence-electron chi connectivity index (χ2n) is 6.44. The molecule has 2 aromatic carbocycles. The van der Waals surface area contributed by atoms with E-state index < -0.39 is 0 Å². The van der Waals surface area contributed by atoms with Crippen LogP contribution in [-0.2, 0) is 0 Å². The Morgan fingerprint density at radius 1 is 1.08 bits per heavy atom. The average Bonchev–Trinajstić information content (AvgIpc) is 3.27. The van der Waals surface area contributed by atoms with Crippen molar-refractivity contribution in [3.05, 3.63) is 46.4 Å². The predicted molar refractivity (Wildman–Crippen MR) is 101 cm³/mol. The van der Waals surface area contributed by atoms with E-state index in [1.165, 1.54) is 0 Å². The van der Waals surface area contributed by atoms with E-state index in [0.29, 0.717) is 22.6 Å². The molecule has 0 atom stereocenters. The number of fused-ring (bicyclic) bond motifs is 1. The molecule has 6 rings (SSSR count). The fourth-order valence-electron chi connectivity index (χ4n) is 3.27. The molecule has 3 heterocycles. The number of aromatic nitrogens is 3. The van der Waals surface area contributed by atoms with E-state index >= 15 is 0 Å². The molecule has 0 N–H and O–H groups in total. The molecular weight excluding hydrogens is 373 g/mol. The lowest BCUT2D eigenvalue weighted by Crippen LogP contribution is -2.05. The standard InChI is InChI=1S/C19H13Cl2N3O2/c1-9(2)25-15-6-4-11(8-13(15)20)18-22-19(23-26-18)24-14-5-3-10-7-12(14)16(21)17(10)24/h3-9H,1-2H3. The van der Waals surface area contributed by atoms with E-state index in [1.807, 2.05) is 36.6 Å². The molecule has 0 radical (unpaired) electrons. The van der Waals surface area contributed by atoms with Crippen LogP contribution in [0.2, 0.25) is 10.0 Å². The second kappa shape index (κ2) is 5.50. The fraction of sp³-hybridized carbons (Fsp3) is 0.158. The van der Waals surface area contributed by atoms with E-state index in [1.54, 1.807) is 12.1 Å². The van der Waals surface area contributed by atoms with Gasteiger partial charge in [0.25, 0.3) is 11.8 Å². The third-order valence-corrected chi connectivity index (χ3v) is 5.01. The molecule has 26 heavy (non-hydrogen) atoms. The van der Waals surface area contributed by atoms with Crippen LogP contribution in [0.1, 0.15) is 13.8 Å². The first-order chi connectivity index (χ1) is 12.5. The van der Waals surface area contributed by atoms with Crippen molar-refractivity contribution < 1.29 is 9.26 Å². The topological polar surface area (TPSA) is 53.1 Å². The molecule has 0 unspecified atom stereocenters. The first-order valence-corrected chi connectivity index (χ1v) is 8.93. The number of hydrogen-bond donors (Lipinski definition) is 0. The Kier molecular flexibility index (Phi) is 3.33. The summed E-state index contributed by atoms with van der Waals surface area (Å²) < 4.78 is 13.0. The van der Waals surface area contributed by atoms with Gasteiger partial charge in [0, 0.05) is 16.5 Å². The van der Waals surface area contributed by atoms with Gasteiger partial charge in [-0.15, -0.1) is 0 Å². The molecule has 4 aromatic rings. The Hall–Kier alpha value is -2.50. The summed E-state index contributed by atoms with van der Waals surface area (Å²) in [6.07, 6.45) is 0.0456. The zero-order valence-electron chi connectivity index (χ0n) is 14.0. The van der Waals surface area contributed by atoms with Gasteiger partial charge >= 0.3 is 0 Å². The molecule has 1 aliphatic carbocycles. The highest BCUT2D eigenvalue weighted by Gasteiger charge is 2.27. The van der Waals surface area contributed by atoms with Crippen LogP contribution in [0, 0.1) is 0 Å². The minimum atomic E-state index is 0.0456. The van der Waals surface area contributed by atoms with Crippen LogP contribution >= 0.6 is 23.2 Å². The first-order valence-electron chi connectivity index (χ1n) is 8.18. The first kappa shape index (κ1) is 15.7. The number of benzene rings is 2. The molecule has 0 saturated carbocycles. The summed E-state index contributed by atoms with van der Waals surface area (Å²) in [6.45, 7) is 3.90. The monoisotopic (exact) mass is 385 g/mol. The Morgan fingerprint density at radius 2 is 1.88 bits per heavy atom. The van der Waals surface area contributed by atoms with Crippen molar-refractivity contribution in [2.75, 3.05) is 0 Å². The number of pyridine rings is 2. The van der Waals surface area contributed by atoms with E-state index in [9.17, 15) is 0 Å². The minimum absolute atomic E-state index is 0.0456. The number of ether oxygens (including phenoxy) is 1. The highest BCUT2D eigenvalue weighted by atomic mass is 35.5. The highest BCUT2D eigenvalue weighted by molar-refractivity contribution is 6.40. The molecule has 130 valence electrons. The molecule has 2 aliphatic rings. The number of halogens is 2. The van der Waals surface area contributed by atoms with Crippen LogP contribution in [0.4, 0.5) is 0 Å². The summed E-state index contributed by atoms with van der Waals surface area (Å²) in [5.74, 6) is 1.46. The molecule has 5 nitrogen and oxygen atoms in total. The van der Waals surface area contributed by atoms with Gasteiger partial charge in [-0.1, -0.05) is 29.3 Å². The lowest BCUT2D eigenvalue weighted by Gasteiger charge is -2.11. The molecule has 0 saturated heterocycles. The van der Waals surface area contributed by atoms with Gasteiger partial charge in [0.1, 0.15) is 5.75 Å². The third-order valence-electron chi connectivity index (χ3n) is 4.34. The van der Waals surface area contributed by atoms with Crippen molar-refractivity contribution >= 4 is 34.1 Å². The second-order valence-corrected chi connectivity index (χ2v) is 7.23. The third kappa shape index (κ3) is 2.17. The van der Waals surface area contributed by atoms with E-state index in [4.69, 9.17) is 32.5 Å². The Labute approximate surface area is 159 Å². The van der Waals surface area contributed by atoms with E-state index in [0.717, 1.165) is 32.7 Å². The lowest BCUT2D eigenvalue weighted by molar-refractivity contribution is 0.242. The molecular formula is C19H13Cl2N3O2. The molecule has 1 aliphatic heterocycles. The van der Waals surface area contributed by atoms with Gasteiger partial charge in [-0.3, -0.25) is 4.57 Å². The van der Waals surface area contributed by atoms with Crippen LogP contribution in [0.3, 0.4) is 0 Å². The quantitative estimate of drug-likeness (QED) is 0.394. The zero-order chi connectivity index (χ0) is 18.0. The molecule has 0 fully saturated rings. The van der Waals surface area contributed by atoms with Gasteiger partial charge in [-0.05, 0) is 49.3 Å². The van der Waals surface area contributed by atoms with Crippen LogP contribution in [0.15, 0.2) is 40.9 Å². The Balaban J connectivity index is 1.54. The van der Waals surface area contributed by atoms with Gasteiger partial charge in [0.2, 0.25) is 0 Å². The Morgan fingerprint density at radius 3 is 2.58 bits per heavy atom. The van der Waals surface area contributed by atoms with Crippen molar-refractivity contribution in [1.82, 2.24) is 14.7 Å². The van der Waals surface area contributed by atoms with Crippen molar-refractivity contribution in [2.45, 2.75) is 20.0 Å². The number of nitrogens with zero attached hydrogens (tertiary/aromatic N) is 3. The van der Waals surface area contributed by atoms with Crippen molar-refractivity contribution in [1.29, 1.82) is 0 Å². The van der Waals surface area contributed by atoms with Gasteiger partial charge in [-0.2, -0.15) is 4.98 Å². The summed E-state index contributed by atoms with van der Waals surface area (Å²) >= 11 is 12.7. The van der Waals surface area contributed by atoms with Gasteiger partial charge < -0.3 is 9.26 Å². The molecule has 4 bridgehead atoms. The summed E-state index contributed by atoms with van der Waals surface area (Å²) in [6, 6.07) is 11.5. The molecule has 0 spiro atoms. The van der Waals surface area contributed by atoms with Gasteiger partial charge in [0.15, 0.2) is 0 Å². The zero-order valence-corrected chi connectivity index (χ0v) is 15.5. The van der Waals surface area contributed by atoms with Crippen LogP contribution < -0.4 is 4.74 Å².